The van der Waals surface area contributed by atoms with Crippen LogP contribution >= 0.6 is 0 Å². The first kappa shape index (κ1) is 8.55. The Labute approximate surface area is 75.9 Å². The zero-order valence-electron chi connectivity index (χ0n) is 8.40. The van der Waals surface area contributed by atoms with Gasteiger partial charge in [-0.1, -0.05) is 20.3 Å². The largest absolute Gasteiger partial charge is 0.314 e. The molecule has 1 heteroatoms. The summed E-state index contributed by atoms with van der Waals surface area (Å²) in [6.45, 7) is 5.78. The minimum absolute atomic E-state index is 0.669. The maximum absolute atomic E-state index is 3.60. The van der Waals surface area contributed by atoms with Gasteiger partial charge in [0, 0.05) is 12.6 Å². The van der Waals surface area contributed by atoms with Crippen LogP contribution in [0.15, 0.2) is 0 Å². The molecular formula is C11H21N. The molecule has 0 heterocycles. The normalized spacial score (nSPS) is 27.2. The SMILES string of the molecule is CC(C)NCC1(C2CCC2)CC1. The lowest BCUT2D eigenvalue weighted by Gasteiger charge is -2.34. The maximum Gasteiger partial charge on any atom is 0.00128 e. The zero-order chi connectivity index (χ0) is 8.60. The second-order valence-electron chi connectivity index (χ2n) is 5.03. The summed E-state index contributed by atoms with van der Waals surface area (Å²) in [6.07, 6.45) is 7.52. The third-order valence-corrected chi connectivity index (χ3v) is 3.73. The molecule has 0 atom stereocenters. The van der Waals surface area contributed by atoms with Gasteiger partial charge in [-0.3, -0.25) is 0 Å². The quantitative estimate of drug-likeness (QED) is 0.678. The number of rotatable bonds is 4. The molecule has 70 valence electrons. The van der Waals surface area contributed by atoms with Crippen molar-refractivity contribution in [2.75, 3.05) is 6.54 Å². The molecule has 12 heavy (non-hydrogen) atoms. The summed E-state index contributed by atoms with van der Waals surface area (Å²) in [5, 5.41) is 3.60. The zero-order valence-corrected chi connectivity index (χ0v) is 8.40. The summed E-state index contributed by atoms with van der Waals surface area (Å²) < 4.78 is 0. The van der Waals surface area contributed by atoms with Crippen LogP contribution in [0.3, 0.4) is 0 Å². The standard InChI is InChI=1S/C11H21N/c1-9(2)12-8-11(6-7-11)10-4-3-5-10/h9-10,12H,3-8H2,1-2H3. The third kappa shape index (κ3) is 1.52. The molecule has 2 aliphatic rings. The Morgan fingerprint density at radius 3 is 2.33 bits per heavy atom. The summed E-state index contributed by atoms with van der Waals surface area (Å²) in [7, 11) is 0. The van der Waals surface area contributed by atoms with Gasteiger partial charge in [-0.05, 0) is 37.0 Å². The van der Waals surface area contributed by atoms with Gasteiger partial charge in [-0.2, -0.15) is 0 Å². The van der Waals surface area contributed by atoms with Crippen LogP contribution in [0.4, 0.5) is 0 Å². The Bertz CT molecular complexity index is 154. The van der Waals surface area contributed by atoms with Crippen LogP contribution in [0.1, 0.15) is 46.0 Å². The Balaban J connectivity index is 1.77. The van der Waals surface area contributed by atoms with Gasteiger partial charge in [0.25, 0.3) is 0 Å². The number of hydrogen-bond acceptors (Lipinski definition) is 1. The lowest BCUT2D eigenvalue weighted by Crippen LogP contribution is -2.36. The molecular weight excluding hydrogens is 146 g/mol. The van der Waals surface area contributed by atoms with Crippen LogP contribution in [-0.2, 0) is 0 Å². The van der Waals surface area contributed by atoms with Crippen LogP contribution in [-0.4, -0.2) is 12.6 Å². The van der Waals surface area contributed by atoms with Gasteiger partial charge in [-0.25, -0.2) is 0 Å². The molecule has 2 fully saturated rings. The first-order valence-corrected chi connectivity index (χ1v) is 5.46. The Morgan fingerprint density at radius 1 is 1.33 bits per heavy atom. The second-order valence-corrected chi connectivity index (χ2v) is 5.03. The Kier molecular flexibility index (Phi) is 2.16. The summed E-state index contributed by atoms with van der Waals surface area (Å²) in [5.74, 6) is 1.09. The average molecular weight is 167 g/mol. The van der Waals surface area contributed by atoms with E-state index in [-0.39, 0.29) is 0 Å². The minimum atomic E-state index is 0.669. The molecule has 0 aliphatic heterocycles. The van der Waals surface area contributed by atoms with Crippen molar-refractivity contribution in [3.8, 4) is 0 Å². The smallest absolute Gasteiger partial charge is 0.00128 e. The summed E-state index contributed by atoms with van der Waals surface area (Å²) in [5.41, 5.74) is 0.766. The fraction of sp³-hybridized carbons (Fsp3) is 1.00. The van der Waals surface area contributed by atoms with Gasteiger partial charge in [-0.15, -0.1) is 0 Å². The monoisotopic (exact) mass is 167 g/mol. The molecule has 2 aliphatic carbocycles. The molecule has 0 aromatic rings. The van der Waals surface area contributed by atoms with Crippen molar-refractivity contribution in [2.24, 2.45) is 11.3 Å². The Hall–Kier alpha value is -0.0400. The molecule has 1 N–H and O–H groups in total. The molecule has 0 radical (unpaired) electrons. The van der Waals surface area contributed by atoms with E-state index >= 15 is 0 Å². The lowest BCUT2D eigenvalue weighted by molar-refractivity contribution is 0.178. The van der Waals surface area contributed by atoms with Crippen molar-refractivity contribution < 1.29 is 0 Å². The van der Waals surface area contributed by atoms with E-state index in [0.29, 0.717) is 6.04 Å². The summed E-state index contributed by atoms with van der Waals surface area (Å²) in [6, 6.07) is 0.669. The summed E-state index contributed by atoms with van der Waals surface area (Å²) in [4.78, 5) is 0. The van der Waals surface area contributed by atoms with Gasteiger partial charge in [0.15, 0.2) is 0 Å². The van der Waals surface area contributed by atoms with Crippen molar-refractivity contribution in [2.45, 2.75) is 52.0 Å². The van der Waals surface area contributed by atoms with Crippen LogP contribution in [0, 0.1) is 11.3 Å². The topological polar surface area (TPSA) is 12.0 Å². The van der Waals surface area contributed by atoms with E-state index in [1.54, 1.807) is 0 Å². The van der Waals surface area contributed by atoms with Crippen LogP contribution in [0.5, 0.6) is 0 Å². The van der Waals surface area contributed by atoms with Crippen molar-refractivity contribution in [1.29, 1.82) is 0 Å². The van der Waals surface area contributed by atoms with E-state index in [0.717, 1.165) is 11.3 Å². The highest BCUT2D eigenvalue weighted by Gasteiger charge is 2.50. The molecule has 2 saturated carbocycles. The van der Waals surface area contributed by atoms with Crippen molar-refractivity contribution in [3.05, 3.63) is 0 Å². The molecule has 2 rings (SSSR count). The van der Waals surface area contributed by atoms with Gasteiger partial charge >= 0.3 is 0 Å². The molecule has 0 unspecified atom stereocenters. The maximum atomic E-state index is 3.60. The van der Waals surface area contributed by atoms with Gasteiger partial charge < -0.3 is 5.32 Å². The molecule has 0 aromatic carbocycles. The number of nitrogens with one attached hydrogen (secondary N) is 1. The molecule has 0 bridgehead atoms. The van der Waals surface area contributed by atoms with Crippen molar-refractivity contribution in [3.63, 3.8) is 0 Å². The number of hydrogen-bond donors (Lipinski definition) is 1. The molecule has 0 aromatic heterocycles. The van der Waals surface area contributed by atoms with E-state index in [1.807, 2.05) is 0 Å². The molecule has 0 spiro atoms. The van der Waals surface area contributed by atoms with Gasteiger partial charge in [0.05, 0.1) is 0 Å². The van der Waals surface area contributed by atoms with Crippen LogP contribution < -0.4 is 5.32 Å². The third-order valence-electron chi connectivity index (χ3n) is 3.73. The van der Waals surface area contributed by atoms with Crippen molar-refractivity contribution >= 4 is 0 Å². The highest BCUT2D eigenvalue weighted by atomic mass is 14.9. The van der Waals surface area contributed by atoms with Gasteiger partial charge in [0.2, 0.25) is 0 Å². The fourth-order valence-corrected chi connectivity index (χ4v) is 2.32. The first-order valence-electron chi connectivity index (χ1n) is 5.46. The highest BCUT2D eigenvalue weighted by Crippen LogP contribution is 2.58. The van der Waals surface area contributed by atoms with E-state index in [2.05, 4.69) is 19.2 Å². The first-order chi connectivity index (χ1) is 5.73. The summed E-state index contributed by atoms with van der Waals surface area (Å²) >= 11 is 0. The Morgan fingerprint density at radius 2 is 2.00 bits per heavy atom. The minimum Gasteiger partial charge on any atom is -0.314 e. The van der Waals surface area contributed by atoms with Gasteiger partial charge in [0.1, 0.15) is 0 Å². The van der Waals surface area contributed by atoms with Crippen molar-refractivity contribution in [1.82, 2.24) is 5.32 Å². The van der Waals surface area contributed by atoms with E-state index in [9.17, 15) is 0 Å². The average Bonchev–Trinajstić information content (AvgIpc) is 2.62. The lowest BCUT2D eigenvalue weighted by atomic mass is 9.73. The van der Waals surface area contributed by atoms with Crippen LogP contribution in [0.2, 0.25) is 0 Å². The second kappa shape index (κ2) is 3.02. The molecule has 0 saturated heterocycles. The highest BCUT2D eigenvalue weighted by molar-refractivity contribution is 5.02. The molecule has 1 nitrogen and oxygen atoms in total. The predicted molar refractivity (Wildman–Crippen MR) is 52.1 cm³/mol. The predicted octanol–water partition coefficient (Wildman–Crippen LogP) is 2.56. The van der Waals surface area contributed by atoms with E-state index in [1.165, 1.54) is 38.6 Å². The molecule has 0 amide bonds. The van der Waals surface area contributed by atoms with E-state index < -0.39 is 0 Å². The fourth-order valence-electron chi connectivity index (χ4n) is 2.32. The van der Waals surface area contributed by atoms with E-state index in [4.69, 9.17) is 0 Å². The van der Waals surface area contributed by atoms with Crippen LogP contribution in [0.25, 0.3) is 0 Å².